The lowest BCUT2D eigenvalue weighted by molar-refractivity contribution is -0.162. The van der Waals surface area contributed by atoms with Crippen LogP contribution in [0.25, 0.3) is 6.08 Å². The maximum Gasteiger partial charge on any atom is 0.269 e. The van der Waals surface area contributed by atoms with Crippen molar-refractivity contribution in [1.29, 1.82) is 0 Å². The van der Waals surface area contributed by atoms with Gasteiger partial charge < -0.3 is 0 Å². The molecule has 0 saturated carbocycles. The fourth-order valence-corrected chi connectivity index (χ4v) is 1.29. The standard InChI is InChI=1S/C11H11Cl2NO2/c1-14(16-2)11(15)6-4-8-3-5-9(12)10(13)7-8/h3-7H,1-2H3/b6-4-. The first-order chi connectivity index (χ1) is 7.54. The summed E-state index contributed by atoms with van der Waals surface area (Å²) < 4.78 is 0. The second kappa shape index (κ2) is 5.89. The number of nitrogens with zero attached hydrogens (tertiary/aromatic N) is 1. The molecule has 0 aliphatic heterocycles. The highest BCUT2D eigenvalue weighted by atomic mass is 35.5. The molecular formula is C11H11Cl2NO2. The van der Waals surface area contributed by atoms with Gasteiger partial charge in [-0.05, 0) is 23.8 Å². The maximum absolute atomic E-state index is 11.4. The molecule has 0 unspecified atom stereocenters. The van der Waals surface area contributed by atoms with E-state index in [1.54, 1.807) is 24.3 Å². The Labute approximate surface area is 104 Å². The molecule has 0 fully saturated rings. The summed E-state index contributed by atoms with van der Waals surface area (Å²) in [5.74, 6) is -0.256. The van der Waals surface area contributed by atoms with Crippen molar-refractivity contribution in [1.82, 2.24) is 5.06 Å². The summed E-state index contributed by atoms with van der Waals surface area (Å²) in [7, 11) is 2.95. The van der Waals surface area contributed by atoms with E-state index in [4.69, 9.17) is 28.0 Å². The molecule has 16 heavy (non-hydrogen) atoms. The van der Waals surface area contributed by atoms with Gasteiger partial charge in [-0.1, -0.05) is 29.3 Å². The van der Waals surface area contributed by atoms with Crippen molar-refractivity contribution in [3.8, 4) is 0 Å². The Hall–Kier alpha value is -1.03. The molecule has 1 rings (SSSR count). The van der Waals surface area contributed by atoms with Crippen LogP contribution < -0.4 is 0 Å². The normalized spacial score (nSPS) is 10.8. The second-order valence-electron chi connectivity index (χ2n) is 3.03. The molecule has 0 bridgehead atoms. The molecule has 0 aliphatic carbocycles. The monoisotopic (exact) mass is 259 g/mol. The summed E-state index contributed by atoms with van der Waals surface area (Å²) in [6.07, 6.45) is 3.03. The number of rotatable bonds is 3. The van der Waals surface area contributed by atoms with E-state index in [1.807, 2.05) is 0 Å². The van der Waals surface area contributed by atoms with Gasteiger partial charge in [0.05, 0.1) is 17.2 Å². The Morgan fingerprint density at radius 3 is 2.62 bits per heavy atom. The van der Waals surface area contributed by atoms with Crippen LogP contribution in [-0.2, 0) is 9.63 Å². The van der Waals surface area contributed by atoms with Gasteiger partial charge in [-0.25, -0.2) is 5.06 Å². The fourth-order valence-electron chi connectivity index (χ4n) is 0.979. The third kappa shape index (κ3) is 3.52. The van der Waals surface area contributed by atoms with Crippen LogP contribution in [0.1, 0.15) is 5.56 Å². The minimum absolute atomic E-state index is 0.256. The van der Waals surface area contributed by atoms with E-state index in [9.17, 15) is 4.79 Å². The Kier molecular flexibility index (Phi) is 4.80. The molecule has 1 aromatic carbocycles. The van der Waals surface area contributed by atoms with Crippen LogP contribution in [0.15, 0.2) is 24.3 Å². The topological polar surface area (TPSA) is 29.5 Å². The minimum Gasteiger partial charge on any atom is -0.274 e. The van der Waals surface area contributed by atoms with E-state index in [0.717, 1.165) is 10.6 Å². The van der Waals surface area contributed by atoms with E-state index in [-0.39, 0.29) is 5.91 Å². The SMILES string of the molecule is CON(C)C(=O)/C=C\c1ccc(Cl)c(Cl)c1. The molecule has 86 valence electrons. The molecule has 0 spiro atoms. The van der Waals surface area contributed by atoms with Crippen molar-refractivity contribution in [3.63, 3.8) is 0 Å². The highest BCUT2D eigenvalue weighted by Crippen LogP contribution is 2.23. The van der Waals surface area contributed by atoms with E-state index < -0.39 is 0 Å². The van der Waals surface area contributed by atoms with Crippen molar-refractivity contribution >= 4 is 35.2 Å². The minimum atomic E-state index is -0.256. The van der Waals surface area contributed by atoms with E-state index in [2.05, 4.69) is 0 Å². The number of hydrogen-bond donors (Lipinski definition) is 0. The van der Waals surface area contributed by atoms with E-state index >= 15 is 0 Å². The van der Waals surface area contributed by atoms with Crippen LogP contribution in [0.2, 0.25) is 10.0 Å². The number of carbonyl (C=O) groups is 1. The van der Waals surface area contributed by atoms with Gasteiger partial charge in [0.15, 0.2) is 0 Å². The van der Waals surface area contributed by atoms with Crippen molar-refractivity contribution in [2.75, 3.05) is 14.2 Å². The average Bonchev–Trinajstić information content (AvgIpc) is 2.29. The zero-order valence-electron chi connectivity index (χ0n) is 8.91. The third-order valence-corrected chi connectivity index (χ3v) is 2.69. The average molecular weight is 260 g/mol. The smallest absolute Gasteiger partial charge is 0.269 e. The number of hydroxylamine groups is 2. The zero-order valence-corrected chi connectivity index (χ0v) is 10.4. The van der Waals surface area contributed by atoms with Crippen molar-refractivity contribution in [2.24, 2.45) is 0 Å². The number of amides is 1. The van der Waals surface area contributed by atoms with Crippen LogP contribution in [0.5, 0.6) is 0 Å². The van der Waals surface area contributed by atoms with Crippen LogP contribution >= 0.6 is 23.2 Å². The van der Waals surface area contributed by atoms with Crippen molar-refractivity contribution in [3.05, 3.63) is 39.9 Å². The summed E-state index contributed by atoms with van der Waals surface area (Å²) in [4.78, 5) is 16.1. The summed E-state index contributed by atoms with van der Waals surface area (Å²) in [6.45, 7) is 0. The quantitative estimate of drug-likeness (QED) is 0.617. The zero-order chi connectivity index (χ0) is 12.1. The number of hydrogen-bond acceptors (Lipinski definition) is 2. The molecule has 3 nitrogen and oxygen atoms in total. The molecule has 1 amide bonds. The molecule has 5 heteroatoms. The number of benzene rings is 1. The number of likely N-dealkylation sites (N-methyl/N-ethyl adjacent to an activating group) is 1. The Morgan fingerprint density at radius 2 is 2.06 bits per heavy atom. The van der Waals surface area contributed by atoms with Gasteiger partial charge in [0.1, 0.15) is 0 Å². The Balaban J connectivity index is 2.77. The Bertz CT molecular complexity index is 418. The summed E-state index contributed by atoms with van der Waals surface area (Å²) in [6, 6.07) is 5.12. The van der Waals surface area contributed by atoms with Crippen LogP contribution in [-0.4, -0.2) is 25.1 Å². The Morgan fingerprint density at radius 1 is 1.38 bits per heavy atom. The molecule has 0 N–H and O–H groups in total. The van der Waals surface area contributed by atoms with Gasteiger partial charge in [0.25, 0.3) is 5.91 Å². The predicted molar refractivity (Wildman–Crippen MR) is 65.3 cm³/mol. The first-order valence-electron chi connectivity index (χ1n) is 4.49. The van der Waals surface area contributed by atoms with E-state index in [1.165, 1.54) is 20.2 Å². The maximum atomic E-state index is 11.4. The molecule has 0 heterocycles. The second-order valence-corrected chi connectivity index (χ2v) is 3.84. The summed E-state index contributed by atoms with van der Waals surface area (Å²) >= 11 is 11.6. The number of halogens is 2. The highest BCUT2D eigenvalue weighted by molar-refractivity contribution is 6.42. The summed E-state index contributed by atoms with van der Waals surface area (Å²) in [5.41, 5.74) is 0.798. The predicted octanol–water partition coefficient (Wildman–Crippen LogP) is 3.03. The molecule has 0 atom stereocenters. The first kappa shape index (κ1) is 13.0. The van der Waals surface area contributed by atoms with Gasteiger partial charge in [-0.15, -0.1) is 0 Å². The lowest BCUT2D eigenvalue weighted by atomic mass is 10.2. The lowest BCUT2D eigenvalue weighted by Crippen LogP contribution is -2.22. The molecule has 0 aliphatic rings. The van der Waals surface area contributed by atoms with Crippen LogP contribution in [0.3, 0.4) is 0 Å². The lowest BCUT2D eigenvalue weighted by Gasteiger charge is -2.09. The van der Waals surface area contributed by atoms with Crippen LogP contribution in [0.4, 0.5) is 0 Å². The molecule has 0 aromatic heterocycles. The van der Waals surface area contributed by atoms with Crippen molar-refractivity contribution in [2.45, 2.75) is 0 Å². The highest BCUT2D eigenvalue weighted by Gasteiger charge is 2.02. The molecule has 0 saturated heterocycles. The molecular weight excluding hydrogens is 249 g/mol. The first-order valence-corrected chi connectivity index (χ1v) is 5.25. The fraction of sp³-hybridized carbons (Fsp3) is 0.182. The summed E-state index contributed by atoms with van der Waals surface area (Å²) in [5, 5.41) is 2.06. The van der Waals surface area contributed by atoms with Gasteiger partial charge in [-0.3, -0.25) is 9.63 Å². The van der Waals surface area contributed by atoms with Crippen LogP contribution in [0, 0.1) is 0 Å². The largest absolute Gasteiger partial charge is 0.274 e. The molecule has 0 radical (unpaired) electrons. The number of carbonyl (C=O) groups excluding carboxylic acids is 1. The third-order valence-electron chi connectivity index (χ3n) is 1.95. The van der Waals surface area contributed by atoms with Gasteiger partial charge in [0.2, 0.25) is 0 Å². The van der Waals surface area contributed by atoms with Gasteiger partial charge in [0, 0.05) is 13.1 Å². The van der Waals surface area contributed by atoms with E-state index in [0.29, 0.717) is 10.0 Å². The van der Waals surface area contributed by atoms with Gasteiger partial charge in [-0.2, -0.15) is 0 Å². The van der Waals surface area contributed by atoms with Crippen molar-refractivity contribution < 1.29 is 9.63 Å². The van der Waals surface area contributed by atoms with Gasteiger partial charge >= 0.3 is 0 Å². The molecule has 1 aromatic rings.